The molecule has 1 aliphatic heterocycles. The van der Waals surface area contributed by atoms with Gasteiger partial charge in [-0.1, -0.05) is 13.8 Å². The molecule has 0 radical (unpaired) electrons. The maximum Gasteiger partial charge on any atom is 0.170 e. The number of hydrogen-bond acceptors (Lipinski definition) is 3. The van der Waals surface area contributed by atoms with Gasteiger partial charge >= 0.3 is 0 Å². The van der Waals surface area contributed by atoms with Crippen molar-refractivity contribution in [2.45, 2.75) is 26.2 Å². The Kier molecular flexibility index (Phi) is 3.12. The summed E-state index contributed by atoms with van der Waals surface area (Å²) < 4.78 is 10.4. The Morgan fingerprint density at radius 3 is 2.50 bits per heavy atom. The number of rotatable bonds is 3. The maximum absolute atomic E-state index is 5.22. The van der Waals surface area contributed by atoms with Gasteiger partial charge in [-0.25, -0.2) is 0 Å². The minimum absolute atomic E-state index is 0.0117. The van der Waals surface area contributed by atoms with Gasteiger partial charge in [-0.2, -0.15) is 0 Å². The molecule has 0 bridgehead atoms. The van der Waals surface area contributed by atoms with Crippen molar-refractivity contribution in [3.63, 3.8) is 0 Å². The van der Waals surface area contributed by atoms with E-state index < -0.39 is 0 Å². The number of hydrogen-bond donors (Lipinski definition) is 1. The summed E-state index contributed by atoms with van der Waals surface area (Å²) in [6, 6.07) is 0.507. The first kappa shape index (κ1) is 7.98. The molecule has 10 heavy (non-hydrogen) atoms. The molecule has 1 rings (SSSR count). The van der Waals surface area contributed by atoms with E-state index in [9.17, 15) is 0 Å². The highest BCUT2D eigenvalue weighted by Crippen LogP contribution is 2.01. The molecule has 3 heteroatoms. The van der Waals surface area contributed by atoms with Crippen molar-refractivity contribution in [2.24, 2.45) is 0 Å². The Balaban J connectivity index is 2.01. The fourth-order valence-corrected chi connectivity index (χ4v) is 0.857. The second kappa shape index (κ2) is 3.91. The van der Waals surface area contributed by atoms with Crippen LogP contribution in [0.3, 0.4) is 0 Å². The third-order valence-corrected chi connectivity index (χ3v) is 1.38. The Morgan fingerprint density at radius 1 is 1.40 bits per heavy atom. The third kappa shape index (κ3) is 2.64. The van der Waals surface area contributed by atoms with E-state index in [-0.39, 0.29) is 6.29 Å². The van der Waals surface area contributed by atoms with E-state index in [4.69, 9.17) is 9.47 Å². The highest BCUT2D eigenvalue weighted by Gasteiger charge is 2.14. The Bertz CT molecular complexity index is 89.6. The summed E-state index contributed by atoms with van der Waals surface area (Å²) >= 11 is 0. The van der Waals surface area contributed by atoms with Crippen LogP contribution in [0.25, 0.3) is 0 Å². The molecule has 1 fully saturated rings. The van der Waals surface area contributed by atoms with Crippen LogP contribution in [-0.4, -0.2) is 32.1 Å². The predicted molar refractivity (Wildman–Crippen MR) is 38.8 cm³/mol. The van der Waals surface area contributed by atoms with Crippen LogP contribution in [0.4, 0.5) is 0 Å². The molecule has 0 aliphatic carbocycles. The molecule has 1 N–H and O–H groups in total. The van der Waals surface area contributed by atoms with E-state index in [0.29, 0.717) is 6.04 Å². The molecule has 0 amide bonds. The van der Waals surface area contributed by atoms with Crippen LogP contribution in [0.2, 0.25) is 0 Å². The van der Waals surface area contributed by atoms with E-state index in [1.54, 1.807) is 0 Å². The Morgan fingerprint density at radius 2 is 2.00 bits per heavy atom. The maximum atomic E-state index is 5.22. The van der Waals surface area contributed by atoms with Gasteiger partial charge in [0.1, 0.15) is 0 Å². The zero-order valence-corrected chi connectivity index (χ0v) is 6.59. The summed E-state index contributed by atoms with van der Waals surface area (Å²) in [6.45, 7) is 6.50. The molecule has 1 saturated heterocycles. The molecule has 0 aromatic heterocycles. The van der Waals surface area contributed by atoms with Crippen LogP contribution in [0, 0.1) is 0 Å². The molecule has 3 nitrogen and oxygen atoms in total. The SMILES string of the molecule is CC(C)NCC1OCCO1. The van der Waals surface area contributed by atoms with Crippen molar-refractivity contribution in [1.82, 2.24) is 5.32 Å². The molecule has 0 atom stereocenters. The largest absolute Gasteiger partial charge is 0.349 e. The molecule has 0 unspecified atom stereocenters. The summed E-state index contributed by atoms with van der Waals surface area (Å²) in [5.41, 5.74) is 0. The first-order chi connectivity index (χ1) is 4.79. The average molecular weight is 145 g/mol. The summed E-state index contributed by atoms with van der Waals surface area (Å²) in [7, 11) is 0. The third-order valence-electron chi connectivity index (χ3n) is 1.38. The first-order valence-corrected chi connectivity index (χ1v) is 3.75. The molecule has 1 aliphatic rings. The summed E-state index contributed by atoms with van der Waals surface area (Å²) in [5.74, 6) is 0. The zero-order chi connectivity index (χ0) is 7.40. The van der Waals surface area contributed by atoms with Gasteiger partial charge in [0.15, 0.2) is 6.29 Å². The number of nitrogens with one attached hydrogen (secondary N) is 1. The fraction of sp³-hybridized carbons (Fsp3) is 1.00. The van der Waals surface area contributed by atoms with Crippen LogP contribution < -0.4 is 5.32 Å². The fourth-order valence-electron chi connectivity index (χ4n) is 0.857. The Hall–Kier alpha value is -0.120. The lowest BCUT2D eigenvalue weighted by Crippen LogP contribution is -2.32. The predicted octanol–water partition coefficient (Wildman–Crippen LogP) is 0.357. The van der Waals surface area contributed by atoms with Crippen LogP contribution in [-0.2, 0) is 9.47 Å². The molecule has 1 heterocycles. The summed E-state index contributed by atoms with van der Waals surface area (Å²) in [6.07, 6.45) is -0.0117. The van der Waals surface area contributed by atoms with Crippen molar-refractivity contribution < 1.29 is 9.47 Å². The zero-order valence-electron chi connectivity index (χ0n) is 6.59. The van der Waals surface area contributed by atoms with Gasteiger partial charge in [-0.3, -0.25) is 0 Å². The molecule has 0 spiro atoms. The molecule has 0 saturated carbocycles. The summed E-state index contributed by atoms with van der Waals surface area (Å²) in [4.78, 5) is 0. The van der Waals surface area contributed by atoms with Gasteiger partial charge in [0.05, 0.1) is 13.2 Å². The first-order valence-electron chi connectivity index (χ1n) is 3.75. The van der Waals surface area contributed by atoms with Crippen molar-refractivity contribution in [3.8, 4) is 0 Å². The normalized spacial score (nSPS) is 20.7. The molecule has 0 aromatic rings. The van der Waals surface area contributed by atoms with Gasteiger partial charge in [-0.15, -0.1) is 0 Å². The van der Waals surface area contributed by atoms with Crippen LogP contribution in [0.5, 0.6) is 0 Å². The van der Waals surface area contributed by atoms with E-state index in [1.165, 1.54) is 0 Å². The van der Waals surface area contributed by atoms with Gasteiger partial charge in [0.25, 0.3) is 0 Å². The second-order valence-electron chi connectivity index (χ2n) is 2.73. The van der Waals surface area contributed by atoms with Crippen molar-refractivity contribution >= 4 is 0 Å². The lowest BCUT2D eigenvalue weighted by atomic mass is 10.4. The van der Waals surface area contributed by atoms with E-state index in [2.05, 4.69) is 19.2 Å². The van der Waals surface area contributed by atoms with Crippen molar-refractivity contribution in [1.29, 1.82) is 0 Å². The molecular weight excluding hydrogens is 130 g/mol. The minimum Gasteiger partial charge on any atom is -0.349 e. The second-order valence-corrected chi connectivity index (χ2v) is 2.73. The van der Waals surface area contributed by atoms with Gasteiger partial charge in [-0.05, 0) is 0 Å². The average Bonchev–Trinajstić information content (AvgIpc) is 2.34. The van der Waals surface area contributed by atoms with E-state index in [1.807, 2.05) is 0 Å². The van der Waals surface area contributed by atoms with Crippen LogP contribution in [0.1, 0.15) is 13.8 Å². The lowest BCUT2D eigenvalue weighted by molar-refractivity contribution is -0.0400. The topological polar surface area (TPSA) is 30.5 Å². The quantitative estimate of drug-likeness (QED) is 0.622. The van der Waals surface area contributed by atoms with Crippen molar-refractivity contribution in [2.75, 3.05) is 19.8 Å². The van der Waals surface area contributed by atoms with Gasteiger partial charge < -0.3 is 14.8 Å². The number of ether oxygens (including phenoxy) is 2. The monoisotopic (exact) mass is 145 g/mol. The van der Waals surface area contributed by atoms with Crippen molar-refractivity contribution in [3.05, 3.63) is 0 Å². The van der Waals surface area contributed by atoms with Crippen LogP contribution in [0.15, 0.2) is 0 Å². The van der Waals surface area contributed by atoms with Crippen LogP contribution >= 0.6 is 0 Å². The molecule has 0 aromatic carbocycles. The molecule has 60 valence electrons. The van der Waals surface area contributed by atoms with E-state index in [0.717, 1.165) is 19.8 Å². The standard InChI is InChI=1S/C7H15NO2/c1-6(2)8-5-7-9-3-4-10-7/h6-8H,3-5H2,1-2H3. The molecular formula is C7H15NO2. The van der Waals surface area contributed by atoms with Gasteiger partial charge in [0.2, 0.25) is 0 Å². The highest BCUT2D eigenvalue weighted by molar-refractivity contribution is 4.58. The van der Waals surface area contributed by atoms with E-state index >= 15 is 0 Å². The minimum atomic E-state index is -0.0117. The Labute approximate surface area is 61.7 Å². The van der Waals surface area contributed by atoms with Gasteiger partial charge in [0, 0.05) is 12.6 Å². The summed E-state index contributed by atoms with van der Waals surface area (Å²) in [5, 5.41) is 3.24. The highest BCUT2D eigenvalue weighted by atomic mass is 16.7. The smallest absolute Gasteiger partial charge is 0.170 e. The lowest BCUT2D eigenvalue weighted by Gasteiger charge is -2.12.